The molecule has 1 fully saturated rings. The molecule has 3 nitrogen and oxygen atoms in total. The van der Waals surface area contributed by atoms with Gasteiger partial charge in [0, 0.05) is 24.1 Å². The van der Waals surface area contributed by atoms with Gasteiger partial charge in [0.2, 0.25) is 0 Å². The third-order valence-corrected chi connectivity index (χ3v) is 3.70. The van der Waals surface area contributed by atoms with Crippen LogP contribution in [0.2, 0.25) is 0 Å². The van der Waals surface area contributed by atoms with Crippen LogP contribution in [0.15, 0.2) is 18.2 Å². The van der Waals surface area contributed by atoms with Gasteiger partial charge < -0.3 is 15.2 Å². The molecular weight excluding hydrogens is 233 g/mol. The second-order valence-corrected chi connectivity index (χ2v) is 4.66. The largest absolute Gasteiger partial charge is 0.494 e. The zero-order chi connectivity index (χ0) is 13.1. The highest BCUT2D eigenvalue weighted by Gasteiger charge is 2.34. The van der Waals surface area contributed by atoms with Gasteiger partial charge in [-0.25, -0.2) is 4.39 Å². The Morgan fingerprint density at radius 2 is 2.33 bits per heavy atom. The van der Waals surface area contributed by atoms with Crippen molar-refractivity contribution in [1.29, 1.82) is 0 Å². The van der Waals surface area contributed by atoms with Gasteiger partial charge in [0.15, 0.2) is 11.6 Å². The summed E-state index contributed by atoms with van der Waals surface area (Å²) in [5.41, 5.74) is 6.73. The van der Waals surface area contributed by atoms with E-state index in [1.165, 1.54) is 7.11 Å². The van der Waals surface area contributed by atoms with Crippen molar-refractivity contribution in [3.63, 3.8) is 0 Å². The first kappa shape index (κ1) is 13.3. The van der Waals surface area contributed by atoms with Gasteiger partial charge in [0.25, 0.3) is 0 Å². The second-order valence-electron chi connectivity index (χ2n) is 4.66. The first-order valence-corrected chi connectivity index (χ1v) is 6.38. The zero-order valence-electron chi connectivity index (χ0n) is 10.9. The number of methoxy groups -OCH3 is 1. The van der Waals surface area contributed by atoms with Crippen molar-refractivity contribution < 1.29 is 13.9 Å². The molecule has 0 spiro atoms. The van der Waals surface area contributed by atoms with E-state index in [4.69, 9.17) is 15.2 Å². The van der Waals surface area contributed by atoms with E-state index in [0.717, 1.165) is 12.8 Å². The van der Waals surface area contributed by atoms with Gasteiger partial charge in [-0.2, -0.15) is 0 Å². The molecule has 1 aliphatic rings. The molecule has 1 aromatic rings. The van der Waals surface area contributed by atoms with Crippen LogP contribution in [0.1, 0.15) is 31.4 Å². The highest BCUT2D eigenvalue weighted by Crippen LogP contribution is 2.35. The summed E-state index contributed by atoms with van der Waals surface area (Å²) < 4.78 is 24.8. The van der Waals surface area contributed by atoms with Crippen LogP contribution in [0, 0.1) is 11.7 Å². The number of halogens is 1. The maximum atomic E-state index is 14.2. The molecule has 0 radical (unpaired) electrons. The number of rotatable bonds is 4. The van der Waals surface area contributed by atoms with Crippen LogP contribution in [0.5, 0.6) is 5.75 Å². The van der Waals surface area contributed by atoms with Crippen molar-refractivity contribution in [2.24, 2.45) is 11.7 Å². The van der Waals surface area contributed by atoms with Crippen LogP contribution in [0.3, 0.4) is 0 Å². The average Bonchev–Trinajstić information content (AvgIpc) is 2.86. The van der Waals surface area contributed by atoms with E-state index in [0.29, 0.717) is 12.2 Å². The predicted octanol–water partition coefficient (Wildman–Crippen LogP) is 2.65. The van der Waals surface area contributed by atoms with E-state index < -0.39 is 0 Å². The van der Waals surface area contributed by atoms with E-state index >= 15 is 0 Å². The summed E-state index contributed by atoms with van der Waals surface area (Å²) in [6.07, 6.45) is 1.92. The molecule has 18 heavy (non-hydrogen) atoms. The Kier molecular flexibility index (Phi) is 4.19. The van der Waals surface area contributed by atoms with Gasteiger partial charge in [0.1, 0.15) is 0 Å². The van der Waals surface area contributed by atoms with Crippen LogP contribution in [-0.4, -0.2) is 19.8 Å². The summed E-state index contributed by atoms with van der Waals surface area (Å²) in [5, 5.41) is 0. The standard InChI is InChI=1S/C14H20FNO2/c1-3-11-9(7-8-18-11)14(16)10-5-4-6-12(17-2)13(10)15/h4-6,9,11,14H,3,7-8,16H2,1-2H3. The number of hydrogen-bond acceptors (Lipinski definition) is 3. The Bertz CT molecular complexity index is 411. The van der Waals surface area contributed by atoms with Gasteiger partial charge in [0.05, 0.1) is 13.2 Å². The van der Waals surface area contributed by atoms with Crippen molar-refractivity contribution in [2.75, 3.05) is 13.7 Å². The Morgan fingerprint density at radius 3 is 3.00 bits per heavy atom. The molecule has 0 saturated carbocycles. The number of nitrogens with two attached hydrogens (primary N) is 1. The van der Waals surface area contributed by atoms with Crippen molar-refractivity contribution in [2.45, 2.75) is 31.9 Å². The smallest absolute Gasteiger partial charge is 0.169 e. The fourth-order valence-corrected chi connectivity index (χ4v) is 2.67. The summed E-state index contributed by atoms with van der Waals surface area (Å²) in [5.74, 6) is 0.0702. The lowest BCUT2D eigenvalue weighted by atomic mass is 9.87. The minimum Gasteiger partial charge on any atom is -0.494 e. The molecule has 0 amide bonds. The first-order chi connectivity index (χ1) is 8.69. The molecule has 0 bridgehead atoms. The molecule has 3 unspecified atom stereocenters. The Morgan fingerprint density at radius 1 is 1.56 bits per heavy atom. The number of hydrogen-bond donors (Lipinski definition) is 1. The highest BCUT2D eigenvalue weighted by molar-refractivity contribution is 5.33. The van der Waals surface area contributed by atoms with Crippen LogP contribution >= 0.6 is 0 Å². The second kappa shape index (κ2) is 5.67. The van der Waals surface area contributed by atoms with Gasteiger partial charge >= 0.3 is 0 Å². The van der Waals surface area contributed by atoms with Gasteiger partial charge in [-0.15, -0.1) is 0 Å². The maximum Gasteiger partial charge on any atom is 0.169 e. The Balaban J connectivity index is 2.25. The maximum absolute atomic E-state index is 14.2. The lowest BCUT2D eigenvalue weighted by molar-refractivity contribution is 0.0810. The molecule has 4 heteroatoms. The highest BCUT2D eigenvalue weighted by atomic mass is 19.1. The van der Waals surface area contributed by atoms with Gasteiger partial charge in [-0.05, 0) is 18.9 Å². The molecule has 0 aliphatic carbocycles. The zero-order valence-corrected chi connectivity index (χ0v) is 10.9. The fourth-order valence-electron chi connectivity index (χ4n) is 2.67. The van der Waals surface area contributed by atoms with Crippen LogP contribution in [0.25, 0.3) is 0 Å². The van der Waals surface area contributed by atoms with Crippen molar-refractivity contribution in [1.82, 2.24) is 0 Å². The summed E-state index contributed by atoms with van der Waals surface area (Å²) >= 11 is 0. The minimum absolute atomic E-state index is 0.130. The van der Waals surface area contributed by atoms with E-state index in [2.05, 4.69) is 6.92 Å². The molecule has 2 N–H and O–H groups in total. The molecular formula is C14H20FNO2. The topological polar surface area (TPSA) is 44.5 Å². The molecule has 3 atom stereocenters. The normalized spacial score (nSPS) is 25.1. The lowest BCUT2D eigenvalue weighted by Gasteiger charge is -2.24. The molecule has 0 aromatic heterocycles. The molecule has 2 rings (SSSR count). The SMILES string of the molecule is CCC1OCCC1C(N)c1cccc(OC)c1F. The van der Waals surface area contributed by atoms with E-state index in [1.807, 2.05) is 0 Å². The Hall–Kier alpha value is -1.13. The summed E-state index contributed by atoms with van der Waals surface area (Å²) in [7, 11) is 1.46. The molecule has 1 aromatic carbocycles. The van der Waals surface area contributed by atoms with E-state index in [-0.39, 0.29) is 29.6 Å². The number of benzene rings is 1. The van der Waals surface area contributed by atoms with Crippen molar-refractivity contribution in [3.8, 4) is 5.75 Å². The van der Waals surface area contributed by atoms with E-state index in [1.54, 1.807) is 18.2 Å². The van der Waals surface area contributed by atoms with Gasteiger partial charge in [-0.3, -0.25) is 0 Å². The van der Waals surface area contributed by atoms with Crippen LogP contribution in [0.4, 0.5) is 4.39 Å². The predicted molar refractivity (Wildman–Crippen MR) is 68.0 cm³/mol. The molecule has 1 heterocycles. The summed E-state index contributed by atoms with van der Waals surface area (Å²) in [4.78, 5) is 0. The third-order valence-electron chi connectivity index (χ3n) is 3.70. The fraction of sp³-hybridized carbons (Fsp3) is 0.571. The van der Waals surface area contributed by atoms with E-state index in [9.17, 15) is 4.39 Å². The quantitative estimate of drug-likeness (QED) is 0.897. The van der Waals surface area contributed by atoms with Crippen LogP contribution < -0.4 is 10.5 Å². The third kappa shape index (κ3) is 2.35. The molecule has 1 saturated heterocycles. The lowest BCUT2D eigenvalue weighted by Crippen LogP contribution is -2.28. The van der Waals surface area contributed by atoms with Gasteiger partial charge in [-0.1, -0.05) is 19.1 Å². The van der Waals surface area contributed by atoms with Crippen molar-refractivity contribution in [3.05, 3.63) is 29.6 Å². The monoisotopic (exact) mass is 253 g/mol. The molecule has 100 valence electrons. The van der Waals surface area contributed by atoms with Crippen molar-refractivity contribution >= 4 is 0 Å². The molecule has 1 aliphatic heterocycles. The van der Waals surface area contributed by atoms with Crippen LogP contribution in [-0.2, 0) is 4.74 Å². The minimum atomic E-state index is -0.353. The first-order valence-electron chi connectivity index (χ1n) is 6.38. The summed E-state index contributed by atoms with van der Waals surface area (Å²) in [6, 6.07) is 4.77. The average molecular weight is 253 g/mol. The Labute approximate surface area is 107 Å². The number of ether oxygens (including phenoxy) is 2. The summed E-state index contributed by atoms with van der Waals surface area (Å²) in [6.45, 7) is 2.78.